The highest BCUT2D eigenvalue weighted by Gasteiger charge is 2.42. The third-order valence-corrected chi connectivity index (χ3v) is 6.72. The molecule has 0 unspecified atom stereocenters. The van der Waals surface area contributed by atoms with Crippen LogP contribution < -0.4 is 15.8 Å². The molecule has 0 saturated heterocycles. The fourth-order valence-corrected chi connectivity index (χ4v) is 3.99. The van der Waals surface area contributed by atoms with Crippen molar-refractivity contribution in [1.82, 2.24) is 10.3 Å². The maximum Gasteiger partial charge on any atom is 0.469 e. The summed E-state index contributed by atoms with van der Waals surface area (Å²) in [6.45, 7) is -0.235. The largest absolute Gasteiger partial charge is 0.469 e. The van der Waals surface area contributed by atoms with Gasteiger partial charge in [-0.2, -0.15) is 0 Å². The minimum Gasteiger partial charge on any atom is -0.441 e. The number of nitrogens with two attached hydrogens (primary N) is 1. The lowest BCUT2D eigenvalue weighted by Gasteiger charge is -2.22. The van der Waals surface area contributed by atoms with Crippen molar-refractivity contribution in [3.05, 3.63) is 71.1 Å². The van der Waals surface area contributed by atoms with Crippen LogP contribution in [0.5, 0.6) is 5.75 Å². The van der Waals surface area contributed by atoms with E-state index in [2.05, 4.69) is 5.32 Å². The van der Waals surface area contributed by atoms with Gasteiger partial charge >= 0.3 is 12.1 Å². The molecule has 0 aliphatic heterocycles. The molecule has 2 rings (SSSR count). The molecule has 0 saturated carbocycles. The number of benzene rings is 2. The minimum absolute atomic E-state index is 0.0139. The fraction of sp³-hybridized carbons (Fsp3) is 0.250. The predicted molar refractivity (Wildman–Crippen MR) is 136 cm³/mol. The second-order valence-electron chi connectivity index (χ2n) is 6.94. The Morgan fingerprint density at radius 3 is 2.14 bits per heavy atom. The third kappa shape index (κ3) is 7.65. The first-order valence-corrected chi connectivity index (χ1v) is 11.8. The summed E-state index contributed by atoms with van der Waals surface area (Å²) >= 11 is 30.1. The molecule has 11 nitrogen and oxygen atoms in total. The van der Waals surface area contributed by atoms with Gasteiger partial charge < -0.3 is 20.5 Å². The van der Waals surface area contributed by atoms with E-state index < -0.39 is 28.9 Å². The lowest BCUT2D eigenvalue weighted by molar-refractivity contribution is -0.641. The molecule has 2 aromatic carbocycles. The van der Waals surface area contributed by atoms with Crippen molar-refractivity contribution in [2.24, 2.45) is 5.73 Å². The molecule has 194 valence electrons. The lowest BCUT2D eigenvalue weighted by Crippen LogP contribution is -2.50. The number of hydrogen-bond acceptors (Lipinski definition) is 7. The average molecular weight is 602 g/mol. The molecule has 0 radical (unpaired) electrons. The van der Waals surface area contributed by atoms with Crippen molar-refractivity contribution in [3.63, 3.8) is 0 Å². The van der Waals surface area contributed by atoms with Crippen LogP contribution >= 0.6 is 58.0 Å². The summed E-state index contributed by atoms with van der Waals surface area (Å²) in [7, 11) is 0. The van der Waals surface area contributed by atoms with Gasteiger partial charge in [-0.1, -0.05) is 88.3 Å². The molecule has 16 heteroatoms. The van der Waals surface area contributed by atoms with Gasteiger partial charge in [0.25, 0.3) is 0 Å². The minimum atomic E-state index is -1.81. The van der Waals surface area contributed by atoms with Crippen molar-refractivity contribution in [2.45, 2.75) is 25.5 Å². The Labute approximate surface area is 229 Å². The van der Waals surface area contributed by atoms with Crippen molar-refractivity contribution < 1.29 is 24.1 Å². The topological polar surface area (TPSA) is 161 Å². The molecule has 0 bridgehead atoms. The summed E-state index contributed by atoms with van der Waals surface area (Å²) in [4.78, 5) is 37.6. The molecule has 0 aromatic heterocycles. The Hall–Kier alpha value is -2.70. The van der Waals surface area contributed by atoms with Gasteiger partial charge in [0.1, 0.15) is 16.7 Å². The van der Waals surface area contributed by atoms with Crippen LogP contribution in [0.2, 0.25) is 25.1 Å². The summed E-state index contributed by atoms with van der Waals surface area (Å²) in [5.74, 6) is -2.15. The van der Waals surface area contributed by atoms with Gasteiger partial charge in [0.05, 0.1) is 15.1 Å². The number of nitrogens with one attached hydrogen (secondary N) is 2. The molecule has 0 aliphatic carbocycles. The Morgan fingerprint density at radius 1 is 1.06 bits per heavy atom. The number of nitro groups is 1. The Bertz CT molecular complexity index is 1120. The van der Waals surface area contributed by atoms with E-state index >= 15 is 0 Å². The number of amides is 1. The maximum absolute atomic E-state index is 13.1. The van der Waals surface area contributed by atoms with Crippen LogP contribution in [-0.2, 0) is 16.1 Å². The van der Waals surface area contributed by atoms with Crippen LogP contribution in [0.4, 0.5) is 4.79 Å². The number of ether oxygens (including phenoxy) is 2. The first-order chi connectivity index (χ1) is 17.0. The van der Waals surface area contributed by atoms with Gasteiger partial charge in [0.15, 0.2) is 16.7 Å². The molecular formula is C20H18Cl5N5O6. The Kier molecular flexibility index (Phi) is 11.1. The van der Waals surface area contributed by atoms with E-state index in [1.165, 1.54) is 0 Å². The molecule has 1 amide bonds. The molecule has 4 N–H and O–H groups in total. The van der Waals surface area contributed by atoms with E-state index in [9.17, 15) is 19.7 Å². The molecule has 0 aliphatic rings. The zero-order valence-corrected chi connectivity index (χ0v) is 21.9. The number of halogens is 5. The second kappa shape index (κ2) is 13.6. The van der Waals surface area contributed by atoms with Gasteiger partial charge in [-0.25, -0.2) is 19.7 Å². The normalized spacial score (nSPS) is 11.4. The van der Waals surface area contributed by atoms with Crippen LogP contribution in [0, 0.1) is 15.5 Å². The Balaban J connectivity index is 2.34. The standard InChI is InChI=1S/C20H18Cl5N5O6/c21-12-13(22)15(24)17(16(25)14(12)23)36-18(31)11(7-4-8-28-19(26)27)29(30(33)34)20(32)35-9-10-5-2-1-3-6-10/h1-3,5-6,11H,4,7-9H2,(H4,26,27,28)/t11-/m0/s1. The van der Waals surface area contributed by atoms with E-state index in [4.69, 9.17) is 78.6 Å². The summed E-state index contributed by atoms with van der Waals surface area (Å²) in [5, 5.41) is 18.9. The van der Waals surface area contributed by atoms with E-state index in [1.54, 1.807) is 30.3 Å². The monoisotopic (exact) mass is 599 g/mol. The van der Waals surface area contributed by atoms with Gasteiger partial charge in [0.2, 0.25) is 6.04 Å². The van der Waals surface area contributed by atoms with Gasteiger partial charge in [-0.05, 0) is 23.4 Å². The van der Waals surface area contributed by atoms with Crippen molar-refractivity contribution in [1.29, 1.82) is 5.41 Å². The van der Waals surface area contributed by atoms with Crippen LogP contribution in [-0.4, -0.2) is 40.6 Å². The maximum atomic E-state index is 13.1. The van der Waals surface area contributed by atoms with Crippen LogP contribution in [0.1, 0.15) is 18.4 Å². The number of rotatable bonds is 10. The second-order valence-corrected chi connectivity index (χ2v) is 8.83. The number of nitrogens with zero attached hydrogens (tertiary/aromatic N) is 2. The van der Waals surface area contributed by atoms with Crippen molar-refractivity contribution in [3.8, 4) is 5.75 Å². The molecule has 0 spiro atoms. The van der Waals surface area contributed by atoms with E-state index in [0.717, 1.165) is 0 Å². The first kappa shape index (κ1) is 29.5. The highest BCUT2D eigenvalue weighted by molar-refractivity contribution is 6.55. The highest BCUT2D eigenvalue weighted by atomic mass is 35.5. The van der Waals surface area contributed by atoms with E-state index in [-0.39, 0.29) is 62.1 Å². The van der Waals surface area contributed by atoms with Crippen LogP contribution in [0.15, 0.2) is 30.3 Å². The summed E-state index contributed by atoms with van der Waals surface area (Å²) in [5.41, 5.74) is 5.78. The number of carbonyl (C=O) groups is 2. The highest BCUT2D eigenvalue weighted by Crippen LogP contribution is 2.48. The van der Waals surface area contributed by atoms with Crippen LogP contribution in [0.25, 0.3) is 0 Å². The number of hydrogen-bond donors (Lipinski definition) is 3. The lowest BCUT2D eigenvalue weighted by atomic mass is 10.1. The zero-order valence-electron chi connectivity index (χ0n) is 18.1. The van der Waals surface area contributed by atoms with Gasteiger partial charge in [-0.15, -0.1) is 0 Å². The first-order valence-electron chi connectivity index (χ1n) is 9.90. The number of carbonyl (C=O) groups excluding carboxylic acids is 2. The molecule has 2 aromatic rings. The summed E-state index contributed by atoms with van der Waals surface area (Å²) in [6, 6.07) is 6.58. The predicted octanol–water partition coefficient (Wildman–Crippen LogP) is 5.32. The van der Waals surface area contributed by atoms with Gasteiger partial charge in [0, 0.05) is 6.54 Å². The number of hydrazine groups is 1. The molecule has 1 atom stereocenters. The van der Waals surface area contributed by atoms with E-state index in [1.807, 2.05) is 0 Å². The average Bonchev–Trinajstić information content (AvgIpc) is 2.84. The van der Waals surface area contributed by atoms with Crippen molar-refractivity contribution >= 4 is 76.0 Å². The number of esters is 1. The smallest absolute Gasteiger partial charge is 0.441 e. The SMILES string of the molecule is N=C(N)NCCC[C@@H](C(=O)Oc1c(Cl)c(Cl)c(Cl)c(Cl)c1Cl)N(C(=O)OCc1ccccc1)[N+](=O)[O-]. The zero-order chi connectivity index (χ0) is 27.0. The summed E-state index contributed by atoms with van der Waals surface area (Å²) < 4.78 is 10.2. The third-order valence-electron chi connectivity index (χ3n) is 4.48. The summed E-state index contributed by atoms with van der Waals surface area (Å²) in [6.07, 6.45) is -1.67. The van der Waals surface area contributed by atoms with Crippen LogP contribution in [0.3, 0.4) is 0 Å². The quantitative estimate of drug-likeness (QED) is 0.0379. The molecule has 0 fully saturated rings. The van der Waals surface area contributed by atoms with Gasteiger partial charge in [-0.3, -0.25) is 5.41 Å². The number of guanidine groups is 1. The van der Waals surface area contributed by atoms with Crippen molar-refractivity contribution in [2.75, 3.05) is 6.54 Å². The Morgan fingerprint density at radius 2 is 1.61 bits per heavy atom. The fourth-order valence-electron chi connectivity index (χ4n) is 2.79. The molecular weight excluding hydrogens is 584 g/mol. The van der Waals surface area contributed by atoms with E-state index in [0.29, 0.717) is 5.56 Å². The molecule has 0 heterocycles. The molecule has 36 heavy (non-hydrogen) atoms.